The number of H-pyrrole nitrogens is 1. The Balaban J connectivity index is 1.57. The summed E-state index contributed by atoms with van der Waals surface area (Å²) in [7, 11) is 0. The Morgan fingerprint density at radius 1 is 1.46 bits per heavy atom. The zero-order chi connectivity index (χ0) is 16.5. The fraction of sp³-hybridized carbons (Fsp3) is 0.333. The van der Waals surface area contributed by atoms with Gasteiger partial charge in [-0.3, -0.25) is 9.89 Å². The molecule has 1 amide bonds. The molecule has 124 valence electrons. The maximum absolute atomic E-state index is 12.8. The standard InChI is InChI=1S/C18H19N3O3/c1-2-23-16-5-3-4-12-8-13(11-24-17(12)16)18(22)21-7-6-15-14(10-21)9-19-20-15/h3-5,8-9H,2,6-7,10-11H2,1H3,(H,19,20). The molecule has 1 aromatic heterocycles. The summed E-state index contributed by atoms with van der Waals surface area (Å²) in [6.07, 6.45) is 4.51. The highest BCUT2D eigenvalue weighted by Gasteiger charge is 2.27. The molecule has 2 aliphatic rings. The number of aromatic nitrogens is 2. The van der Waals surface area contributed by atoms with Gasteiger partial charge < -0.3 is 14.4 Å². The number of carbonyl (C=O) groups is 1. The van der Waals surface area contributed by atoms with Crippen molar-refractivity contribution in [2.75, 3.05) is 19.8 Å². The van der Waals surface area contributed by atoms with Gasteiger partial charge in [-0.05, 0) is 19.1 Å². The van der Waals surface area contributed by atoms with Crippen LogP contribution in [0.2, 0.25) is 0 Å². The van der Waals surface area contributed by atoms with Crippen molar-refractivity contribution in [3.8, 4) is 11.5 Å². The van der Waals surface area contributed by atoms with Gasteiger partial charge in [-0.15, -0.1) is 0 Å². The van der Waals surface area contributed by atoms with E-state index < -0.39 is 0 Å². The first-order valence-electron chi connectivity index (χ1n) is 8.16. The first-order valence-corrected chi connectivity index (χ1v) is 8.16. The van der Waals surface area contributed by atoms with E-state index in [-0.39, 0.29) is 12.5 Å². The van der Waals surface area contributed by atoms with Gasteiger partial charge in [0.15, 0.2) is 11.5 Å². The largest absolute Gasteiger partial charge is 0.490 e. The third-order valence-electron chi connectivity index (χ3n) is 4.37. The van der Waals surface area contributed by atoms with Crippen molar-refractivity contribution < 1.29 is 14.3 Å². The third-order valence-corrected chi connectivity index (χ3v) is 4.37. The molecule has 2 aromatic rings. The molecule has 1 aromatic carbocycles. The molecule has 6 heteroatoms. The van der Waals surface area contributed by atoms with E-state index in [9.17, 15) is 4.79 Å². The number of nitrogens with one attached hydrogen (secondary N) is 1. The fourth-order valence-corrected chi connectivity index (χ4v) is 3.17. The quantitative estimate of drug-likeness (QED) is 0.939. The molecule has 0 bridgehead atoms. The van der Waals surface area contributed by atoms with Crippen molar-refractivity contribution in [2.45, 2.75) is 19.9 Å². The lowest BCUT2D eigenvalue weighted by molar-refractivity contribution is -0.128. The molecular formula is C18H19N3O3. The maximum Gasteiger partial charge on any atom is 0.253 e. The first-order chi connectivity index (χ1) is 11.8. The lowest BCUT2D eigenvalue weighted by Gasteiger charge is -2.29. The molecular weight excluding hydrogens is 306 g/mol. The van der Waals surface area contributed by atoms with Crippen LogP contribution in [0, 0.1) is 0 Å². The highest BCUT2D eigenvalue weighted by Crippen LogP contribution is 2.36. The summed E-state index contributed by atoms with van der Waals surface area (Å²) in [5.41, 5.74) is 3.77. The number of fused-ring (bicyclic) bond motifs is 2. The molecule has 3 heterocycles. The maximum atomic E-state index is 12.8. The molecule has 0 aliphatic carbocycles. The molecule has 0 saturated heterocycles. The van der Waals surface area contributed by atoms with E-state index in [2.05, 4.69) is 10.2 Å². The first kappa shape index (κ1) is 14.8. The summed E-state index contributed by atoms with van der Waals surface area (Å²) in [5, 5.41) is 7.04. The van der Waals surface area contributed by atoms with E-state index in [1.54, 1.807) is 6.20 Å². The van der Waals surface area contributed by atoms with Crippen LogP contribution in [0.5, 0.6) is 11.5 Å². The van der Waals surface area contributed by atoms with E-state index in [0.717, 1.165) is 29.0 Å². The van der Waals surface area contributed by atoms with Gasteiger partial charge >= 0.3 is 0 Å². The lowest BCUT2D eigenvalue weighted by Crippen LogP contribution is -2.38. The van der Waals surface area contributed by atoms with Gasteiger partial charge in [-0.25, -0.2) is 0 Å². The average Bonchev–Trinajstić information content (AvgIpc) is 3.09. The van der Waals surface area contributed by atoms with Crippen molar-refractivity contribution in [1.82, 2.24) is 15.1 Å². The molecule has 4 rings (SSSR count). The third kappa shape index (κ3) is 2.54. The van der Waals surface area contributed by atoms with Crippen molar-refractivity contribution in [1.29, 1.82) is 0 Å². The Hall–Kier alpha value is -2.76. The van der Waals surface area contributed by atoms with Crippen LogP contribution in [0.25, 0.3) is 6.08 Å². The summed E-state index contributed by atoms with van der Waals surface area (Å²) in [5.74, 6) is 1.46. The Morgan fingerprint density at radius 3 is 3.25 bits per heavy atom. The van der Waals surface area contributed by atoms with Gasteiger partial charge in [-0.2, -0.15) is 5.10 Å². The molecule has 0 radical (unpaired) electrons. The number of benzene rings is 1. The monoisotopic (exact) mass is 325 g/mol. The molecule has 1 N–H and O–H groups in total. The molecule has 0 spiro atoms. The van der Waals surface area contributed by atoms with Crippen molar-refractivity contribution in [3.05, 3.63) is 46.8 Å². The molecule has 0 unspecified atom stereocenters. The molecule has 24 heavy (non-hydrogen) atoms. The van der Waals surface area contributed by atoms with Crippen molar-refractivity contribution >= 4 is 12.0 Å². The van der Waals surface area contributed by atoms with E-state index in [1.165, 1.54) is 0 Å². The number of carbonyl (C=O) groups excluding carboxylic acids is 1. The van der Waals surface area contributed by atoms with E-state index in [1.807, 2.05) is 36.1 Å². The Morgan fingerprint density at radius 2 is 2.38 bits per heavy atom. The van der Waals surface area contributed by atoms with E-state index in [4.69, 9.17) is 9.47 Å². The summed E-state index contributed by atoms with van der Waals surface area (Å²) in [6.45, 7) is 4.07. The second-order valence-electron chi connectivity index (χ2n) is 5.92. The second kappa shape index (κ2) is 6.03. The van der Waals surface area contributed by atoms with Gasteiger partial charge in [0.25, 0.3) is 5.91 Å². The van der Waals surface area contributed by atoms with E-state index in [0.29, 0.717) is 31.0 Å². The van der Waals surface area contributed by atoms with Gasteiger partial charge in [0.2, 0.25) is 0 Å². The Labute approximate surface area is 140 Å². The zero-order valence-corrected chi connectivity index (χ0v) is 13.5. The molecule has 2 aliphatic heterocycles. The van der Waals surface area contributed by atoms with Gasteiger partial charge in [-0.1, -0.05) is 12.1 Å². The van der Waals surface area contributed by atoms with Crippen LogP contribution in [0.1, 0.15) is 23.7 Å². The van der Waals surface area contributed by atoms with Crippen LogP contribution in [0.4, 0.5) is 0 Å². The summed E-state index contributed by atoms with van der Waals surface area (Å²) < 4.78 is 11.4. The number of aromatic amines is 1. The Kier molecular flexibility index (Phi) is 3.72. The number of hydrogen-bond donors (Lipinski definition) is 1. The summed E-state index contributed by atoms with van der Waals surface area (Å²) in [6, 6.07) is 5.73. The minimum absolute atomic E-state index is 0.0225. The number of ether oxygens (including phenoxy) is 2. The van der Waals surface area contributed by atoms with E-state index >= 15 is 0 Å². The van der Waals surface area contributed by atoms with Crippen LogP contribution < -0.4 is 9.47 Å². The van der Waals surface area contributed by atoms with Crippen LogP contribution >= 0.6 is 0 Å². The highest BCUT2D eigenvalue weighted by atomic mass is 16.5. The highest BCUT2D eigenvalue weighted by molar-refractivity contribution is 5.99. The van der Waals surface area contributed by atoms with Crippen LogP contribution in [-0.2, 0) is 17.8 Å². The average molecular weight is 325 g/mol. The van der Waals surface area contributed by atoms with Gasteiger partial charge in [0, 0.05) is 36.3 Å². The second-order valence-corrected chi connectivity index (χ2v) is 5.92. The predicted molar refractivity (Wildman–Crippen MR) is 88.8 cm³/mol. The summed E-state index contributed by atoms with van der Waals surface area (Å²) in [4.78, 5) is 14.7. The lowest BCUT2D eigenvalue weighted by atomic mass is 10.0. The topological polar surface area (TPSA) is 67.5 Å². The van der Waals surface area contributed by atoms with Crippen molar-refractivity contribution in [3.63, 3.8) is 0 Å². The Bertz CT molecular complexity index is 810. The normalized spacial score (nSPS) is 15.9. The smallest absolute Gasteiger partial charge is 0.253 e. The van der Waals surface area contributed by atoms with Crippen molar-refractivity contribution in [2.24, 2.45) is 0 Å². The van der Waals surface area contributed by atoms with Crippen LogP contribution in [0.15, 0.2) is 30.0 Å². The zero-order valence-electron chi connectivity index (χ0n) is 13.5. The molecule has 6 nitrogen and oxygen atoms in total. The van der Waals surface area contributed by atoms with Gasteiger partial charge in [0.1, 0.15) is 6.61 Å². The van der Waals surface area contributed by atoms with Crippen LogP contribution in [0.3, 0.4) is 0 Å². The number of nitrogens with zero attached hydrogens (tertiary/aromatic N) is 2. The SMILES string of the molecule is CCOc1cccc2c1OCC(C(=O)N1CCc3[nH]ncc3C1)=C2. The summed E-state index contributed by atoms with van der Waals surface area (Å²) >= 11 is 0. The molecule has 0 atom stereocenters. The number of para-hydroxylation sites is 1. The number of hydrogen-bond acceptors (Lipinski definition) is 4. The molecule has 0 saturated carbocycles. The number of amides is 1. The minimum Gasteiger partial charge on any atom is -0.490 e. The predicted octanol–water partition coefficient (Wildman–Crippen LogP) is 2.17. The van der Waals surface area contributed by atoms with Crippen LogP contribution in [-0.4, -0.2) is 40.8 Å². The van der Waals surface area contributed by atoms with Gasteiger partial charge in [0.05, 0.1) is 18.4 Å². The molecule has 0 fully saturated rings. The minimum atomic E-state index is 0.0225. The fourth-order valence-electron chi connectivity index (χ4n) is 3.17. The number of rotatable bonds is 3.